The number of halogens is 6. The molecular formula is C36H38ClF5N4O3S. The van der Waals surface area contributed by atoms with Gasteiger partial charge in [0.25, 0.3) is 5.56 Å². The van der Waals surface area contributed by atoms with Crippen LogP contribution in [0.3, 0.4) is 0 Å². The molecule has 0 bridgehead atoms. The fraction of sp³-hybridized carbons (Fsp3) is 0.444. The minimum Gasteiger partial charge on any atom is -0.303 e. The number of aryl methyl sites for hydroxylation is 1. The van der Waals surface area contributed by atoms with Crippen molar-refractivity contribution in [1.29, 1.82) is 5.41 Å². The van der Waals surface area contributed by atoms with Crippen LogP contribution in [-0.4, -0.2) is 46.1 Å². The second kappa shape index (κ2) is 13.4. The van der Waals surface area contributed by atoms with Gasteiger partial charge in [-0.15, -0.1) is 0 Å². The minimum atomic E-state index is -3.71. The molecule has 268 valence electrons. The molecular weight excluding hydrogens is 699 g/mol. The fourth-order valence-corrected chi connectivity index (χ4v) is 7.47. The van der Waals surface area contributed by atoms with Crippen LogP contribution in [0.1, 0.15) is 86.1 Å². The smallest absolute Gasteiger partial charge is 0.267 e. The van der Waals surface area contributed by atoms with Crippen LogP contribution in [-0.2, 0) is 21.9 Å². The molecule has 5 rings (SSSR count). The first kappa shape index (κ1) is 37.5. The third-order valence-electron chi connectivity index (χ3n) is 9.76. The lowest BCUT2D eigenvalue weighted by atomic mass is 9.81. The van der Waals surface area contributed by atoms with Crippen molar-refractivity contribution in [2.24, 2.45) is 5.92 Å². The normalized spacial score (nSPS) is 17.2. The number of aromatic nitrogens is 3. The van der Waals surface area contributed by atoms with Crippen LogP contribution in [0.15, 0.2) is 41.2 Å². The Bertz CT molecular complexity index is 2160. The Kier molecular flexibility index (Phi) is 10.1. The number of hydrogen-bond donors (Lipinski definition) is 1. The van der Waals surface area contributed by atoms with Crippen LogP contribution in [0.25, 0.3) is 16.7 Å². The average Bonchev–Trinajstić information content (AvgIpc) is 3.00. The molecule has 7 nitrogen and oxygen atoms in total. The zero-order valence-electron chi connectivity index (χ0n) is 28.5. The molecule has 0 spiro atoms. The van der Waals surface area contributed by atoms with E-state index in [9.17, 15) is 30.8 Å². The third-order valence-corrected chi connectivity index (χ3v) is 11.6. The minimum absolute atomic E-state index is 0.0194. The Morgan fingerprint density at radius 3 is 2.14 bits per heavy atom. The number of pyridine rings is 1. The number of rotatable bonds is 9. The van der Waals surface area contributed by atoms with E-state index >= 15 is 4.39 Å². The van der Waals surface area contributed by atoms with Crippen molar-refractivity contribution >= 4 is 38.2 Å². The van der Waals surface area contributed by atoms with Crippen molar-refractivity contribution in [3.63, 3.8) is 0 Å². The summed E-state index contributed by atoms with van der Waals surface area (Å²) in [6, 6.07) is 7.44. The Labute approximate surface area is 292 Å². The molecule has 1 fully saturated rings. The maximum absolute atomic E-state index is 16.3. The Morgan fingerprint density at radius 2 is 1.58 bits per heavy atom. The van der Waals surface area contributed by atoms with Crippen LogP contribution >= 0.6 is 11.6 Å². The quantitative estimate of drug-likeness (QED) is 0.137. The van der Waals surface area contributed by atoms with E-state index in [-0.39, 0.29) is 62.4 Å². The van der Waals surface area contributed by atoms with Gasteiger partial charge in [-0.1, -0.05) is 25.4 Å². The highest BCUT2D eigenvalue weighted by molar-refractivity contribution is 7.92. The highest BCUT2D eigenvalue weighted by Gasteiger charge is 2.46. The summed E-state index contributed by atoms with van der Waals surface area (Å²) in [5, 5.41) is 7.66. The summed E-state index contributed by atoms with van der Waals surface area (Å²) in [4.78, 5) is 24.0. The second-order valence-corrected chi connectivity index (χ2v) is 16.5. The molecule has 1 aliphatic carbocycles. The molecule has 50 heavy (non-hydrogen) atoms. The molecule has 1 N–H and O–H groups in total. The van der Waals surface area contributed by atoms with Crippen molar-refractivity contribution in [3.8, 4) is 5.69 Å². The number of nitrogens with one attached hydrogen (secondary N) is 1. The second-order valence-electron chi connectivity index (χ2n) is 13.7. The lowest BCUT2D eigenvalue weighted by molar-refractivity contribution is -0.0784. The van der Waals surface area contributed by atoms with Crippen LogP contribution in [0.2, 0.25) is 5.02 Å². The highest BCUT2D eigenvalue weighted by atomic mass is 35.5. The van der Waals surface area contributed by atoms with Gasteiger partial charge in [0.05, 0.1) is 27.5 Å². The molecule has 0 radical (unpaired) electrons. The Morgan fingerprint density at radius 1 is 0.980 bits per heavy atom. The van der Waals surface area contributed by atoms with Gasteiger partial charge in [0.2, 0.25) is 5.92 Å². The summed E-state index contributed by atoms with van der Waals surface area (Å²) in [7, 11) is -3.71. The highest BCUT2D eigenvalue weighted by Crippen LogP contribution is 2.46. The summed E-state index contributed by atoms with van der Waals surface area (Å²) in [5.41, 5.74) is -2.11. The largest absolute Gasteiger partial charge is 0.303 e. The number of hydrogen-bond acceptors (Lipinski definition) is 6. The van der Waals surface area contributed by atoms with Gasteiger partial charge in [0, 0.05) is 36.6 Å². The zero-order valence-corrected chi connectivity index (χ0v) is 30.0. The predicted molar refractivity (Wildman–Crippen MR) is 185 cm³/mol. The molecule has 0 saturated heterocycles. The van der Waals surface area contributed by atoms with Gasteiger partial charge in [-0.3, -0.25) is 9.36 Å². The number of fused-ring (bicyclic) bond motifs is 1. The molecule has 1 aliphatic rings. The van der Waals surface area contributed by atoms with E-state index in [1.165, 1.54) is 41.8 Å². The topological polar surface area (TPSA) is 106 Å². The van der Waals surface area contributed by atoms with Gasteiger partial charge in [-0.2, -0.15) is 0 Å². The Balaban J connectivity index is 1.82. The van der Waals surface area contributed by atoms with E-state index in [4.69, 9.17) is 22.0 Å². The first-order valence-electron chi connectivity index (χ1n) is 16.2. The van der Waals surface area contributed by atoms with Gasteiger partial charge in [-0.25, -0.2) is 40.3 Å². The van der Waals surface area contributed by atoms with Crippen molar-refractivity contribution in [1.82, 2.24) is 14.5 Å². The van der Waals surface area contributed by atoms with E-state index in [1.54, 1.807) is 13.8 Å². The average molecular weight is 737 g/mol. The lowest BCUT2D eigenvalue weighted by Gasteiger charge is -2.33. The molecule has 0 amide bonds. The molecule has 0 aliphatic heterocycles. The monoisotopic (exact) mass is 736 g/mol. The summed E-state index contributed by atoms with van der Waals surface area (Å²) < 4.78 is 99.1. The molecule has 14 heteroatoms. The molecule has 4 aromatic rings. The molecule has 2 aromatic heterocycles. The maximum Gasteiger partial charge on any atom is 0.267 e. The van der Waals surface area contributed by atoms with E-state index in [0.29, 0.717) is 11.1 Å². The first-order valence-corrected chi connectivity index (χ1v) is 18.5. The molecule has 2 aromatic carbocycles. The van der Waals surface area contributed by atoms with Gasteiger partial charge < -0.3 is 5.41 Å². The lowest BCUT2D eigenvalue weighted by Crippen LogP contribution is -2.34. The van der Waals surface area contributed by atoms with Crippen molar-refractivity contribution in [2.75, 3.05) is 6.26 Å². The zero-order chi connectivity index (χ0) is 37.1. The van der Waals surface area contributed by atoms with Crippen molar-refractivity contribution in [3.05, 3.63) is 97.2 Å². The summed E-state index contributed by atoms with van der Waals surface area (Å²) in [6.07, 6.45) is -1.23. The first-order chi connectivity index (χ1) is 23.1. The van der Waals surface area contributed by atoms with Crippen LogP contribution < -0.4 is 5.56 Å². The maximum atomic E-state index is 16.3. The SMILES string of the molecule is Cc1c(-n2c(C(Cc3cc(F)cc(F)c3)C(C)C)nc3nc(C4(F)CCC(F)(F)CC4)cc(C)c3c2=O)ccc(Cl)c1C(=N)C(C)S(C)(=O)=O. The third kappa shape index (κ3) is 7.21. The van der Waals surface area contributed by atoms with E-state index in [1.807, 2.05) is 13.8 Å². The standard InChI is InChI=1S/C36H38ClF5N4O3S/c1-18(2)25(16-22-14-23(38)17-24(39)15-22)33-45-32-29(19(3)13-28(44-32)35(40)9-11-36(41,42)12-10-35)34(47)46(33)27-8-7-26(37)30(20(27)4)31(43)21(5)50(6,48)49/h7-8,13-15,17-18,21,25,43H,9-12,16H2,1-6H3. The van der Waals surface area contributed by atoms with Crippen molar-refractivity contribution in [2.45, 2.75) is 89.5 Å². The number of sulfone groups is 1. The van der Waals surface area contributed by atoms with Crippen LogP contribution in [0, 0.1) is 36.8 Å². The van der Waals surface area contributed by atoms with Crippen LogP contribution in [0.4, 0.5) is 22.0 Å². The van der Waals surface area contributed by atoms with Gasteiger partial charge in [0.15, 0.2) is 21.2 Å². The predicted octanol–water partition coefficient (Wildman–Crippen LogP) is 8.49. The summed E-state index contributed by atoms with van der Waals surface area (Å²) in [6.45, 7) is 8.18. The van der Waals surface area contributed by atoms with Gasteiger partial charge in [-0.05, 0) is 93.0 Å². The van der Waals surface area contributed by atoms with E-state index < -0.39 is 75.5 Å². The molecule has 2 unspecified atom stereocenters. The molecule has 2 heterocycles. The number of alkyl halides is 3. The van der Waals surface area contributed by atoms with Gasteiger partial charge >= 0.3 is 0 Å². The van der Waals surface area contributed by atoms with Gasteiger partial charge in [0.1, 0.15) is 22.7 Å². The number of nitrogens with zero attached hydrogens (tertiary/aromatic N) is 3. The fourth-order valence-electron chi connectivity index (χ4n) is 6.62. The van der Waals surface area contributed by atoms with Crippen LogP contribution in [0.5, 0.6) is 0 Å². The summed E-state index contributed by atoms with van der Waals surface area (Å²) in [5.74, 6) is -5.47. The molecule has 1 saturated carbocycles. The number of benzene rings is 2. The van der Waals surface area contributed by atoms with E-state index in [0.717, 1.165) is 12.3 Å². The molecule has 2 atom stereocenters. The Hall–Kier alpha value is -3.71. The summed E-state index contributed by atoms with van der Waals surface area (Å²) >= 11 is 6.55. The van der Waals surface area contributed by atoms with Crippen molar-refractivity contribution < 1.29 is 30.4 Å². The van der Waals surface area contributed by atoms with E-state index in [2.05, 4.69) is 4.98 Å².